The van der Waals surface area contributed by atoms with E-state index in [1.165, 1.54) is 11.0 Å². The fourth-order valence-corrected chi connectivity index (χ4v) is 2.69. The number of ether oxygens (including phenoxy) is 1. The van der Waals surface area contributed by atoms with Gasteiger partial charge in [0, 0.05) is 6.42 Å². The quantitative estimate of drug-likeness (QED) is 0.640. The van der Waals surface area contributed by atoms with Gasteiger partial charge in [-0.3, -0.25) is 14.4 Å². The summed E-state index contributed by atoms with van der Waals surface area (Å²) in [6.07, 6.45) is 0.0803. The Balaban J connectivity index is 2.08. The van der Waals surface area contributed by atoms with Gasteiger partial charge in [-0.25, -0.2) is 4.98 Å². The number of amides is 2. The Labute approximate surface area is 145 Å². The lowest BCUT2D eigenvalue weighted by Gasteiger charge is -2.25. The Kier molecular flexibility index (Phi) is 5.13. The molecule has 0 aliphatic carbocycles. The Hall–Kier alpha value is -2.15. The predicted octanol–water partition coefficient (Wildman–Crippen LogP) is 1.67. The Morgan fingerprint density at radius 3 is 2.67 bits per heavy atom. The van der Waals surface area contributed by atoms with Gasteiger partial charge in [0.15, 0.2) is 0 Å². The molecule has 1 aliphatic heterocycles. The minimum Gasteiger partial charge on any atom is -0.460 e. The van der Waals surface area contributed by atoms with E-state index in [0.29, 0.717) is 11.3 Å². The van der Waals surface area contributed by atoms with E-state index in [-0.39, 0.29) is 30.4 Å². The molecule has 24 heavy (non-hydrogen) atoms. The fourth-order valence-electron chi connectivity index (χ4n) is 2.53. The van der Waals surface area contributed by atoms with Crippen LogP contribution in [-0.2, 0) is 20.9 Å². The zero-order valence-corrected chi connectivity index (χ0v) is 14.6. The van der Waals surface area contributed by atoms with E-state index in [1.807, 2.05) is 0 Å². The van der Waals surface area contributed by atoms with Crippen LogP contribution >= 0.6 is 11.6 Å². The molecule has 0 unspecified atom stereocenters. The third-order valence-electron chi connectivity index (χ3n) is 3.50. The highest BCUT2D eigenvalue weighted by atomic mass is 35.5. The summed E-state index contributed by atoms with van der Waals surface area (Å²) < 4.78 is 5.21. The number of aromatic nitrogens is 1. The average Bonchev–Trinajstić information content (AvgIpc) is 2.73. The summed E-state index contributed by atoms with van der Waals surface area (Å²) in [5.41, 5.74) is 5.70. The number of hydrogen-bond acceptors (Lipinski definition) is 5. The largest absolute Gasteiger partial charge is 0.460 e. The van der Waals surface area contributed by atoms with Gasteiger partial charge in [-0.05, 0) is 39.3 Å². The molecule has 7 nitrogen and oxygen atoms in total. The van der Waals surface area contributed by atoms with Crippen LogP contribution in [0, 0.1) is 0 Å². The summed E-state index contributed by atoms with van der Waals surface area (Å²) in [5.74, 6) is -1.47. The van der Waals surface area contributed by atoms with Gasteiger partial charge in [0.1, 0.15) is 16.8 Å². The number of esters is 1. The maximum absolute atomic E-state index is 12.4. The second kappa shape index (κ2) is 6.76. The first-order valence-electron chi connectivity index (χ1n) is 7.56. The Bertz CT molecular complexity index is 684. The normalized spacial score (nSPS) is 15.2. The lowest BCUT2D eigenvalue weighted by Crippen LogP contribution is -2.45. The van der Waals surface area contributed by atoms with Crippen molar-refractivity contribution in [2.45, 2.75) is 51.8 Å². The molecule has 0 saturated heterocycles. The highest BCUT2D eigenvalue weighted by Gasteiger charge is 2.36. The minimum absolute atomic E-state index is 0.0147. The van der Waals surface area contributed by atoms with Gasteiger partial charge in [0.2, 0.25) is 5.91 Å². The molecule has 1 aromatic heterocycles. The topological polar surface area (TPSA) is 103 Å². The predicted molar refractivity (Wildman–Crippen MR) is 87.2 cm³/mol. The number of hydrogen-bond donors (Lipinski definition) is 1. The van der Waals surface area contributed by atoms with Crippen LogP contribution in [0.5, 0.6) is 0 Å². The first-order valence-corrected chi connectivity index (χ1v) is 7.94. The van der Waals surface area contributed by atoms with Crippen molar-refractivity contribution in [3.8, 4) is 0 Å². The molecule has 0 saturated carbocycles. The number of fused-ring (bicyclic) bond motifs is 1. The van der Waals surface area contributed by atoms with Gasteiger partial charge < -0.3 is 15.4 Å². The van der Waals surface area contributed by atoms with Gasteiger partial charge >= 0.3 is 5.97 Å². The van der Waals surface area contributed by atoms with Crippen LogP contribution in [0.2, 0.25) is 5.15 Å². The number of carbonyl (C=O) groups is 3. The molecule has 2 amide bonds. The summed E-state index contributed by atoms with van der Waals surface area (Å²) in [4.78, 5) is 41.5. The van der Waals surface area contributed by atoms with Crippen molar-refractivity contribution in [3.05, 3.63) is 28.5 Å². The van der Waals surface area contributed by atoms with E-state index in [9.17, 15) is 14.4 Å². The highest BCUT2D eigenvalue weighted by molar-refractivity contribution is 6.29. The van der Waals surface area contributed by atoms with E-state index in [2.05, 4.69) is 4.98 Å². The van der Waals surface area contributed by atoms with Gasteiger partial charge in [-0.2, -0.15) is 0 Å². The molecule has 0 spiro atoms. The van der Waals surface area contributed by atoms with Gasteiger partial charge in [0.25, 0.3) is 5.91 Å². The van der Waals surface area contributed by atoms with Crippen molar-refractivity contribution in [1.82, 2.24) is 9.88 Å². The molecule has 0 radical (unpaired) electrons. The molecular weight excluding hydrogens is 334 g/mol. The maximum atomic E-state index is 12.4. The van der Waals surface area contributed by atoms with Crippen LogP contribution in [-0.4, -0.2) is 39.3 Å². The minimum atomic E-state index is -0.905. The summed E-state index contributed by atoms with van der Waals surface area (Å²) in [6, 6.07) is 2.18. The number of carbonyl (C=O) groups excluding carboxylic acids is 3. The average molecular weight is 354 g/mol. The molecule has 1 aliphatic rings. The third-order valence-corrected chi connectivity index (χ3v) is 3.71. The van der Waals surface area contributed by atoms with E-state index in [4.69, 9.17) is 22.1 Å². The second-order valence-corrected chi connectivity index (χ2v) is 6.99. The second-order valence-electron chi connectivity index (χ2n) is 6.60. The smallest absolute Gasteiger partial charge is 0.306 e. The van der Waals surface area contributed by atoms with Crippen LogP contribution in [0.4, 0.5) is 0 Å². The van der Waals surface area contributed by atoms with Crippen LogP contribution < -0.4 is 5.73 Å². The number of primary amides is 1. The van der Waals surface area contributed by atoms with E-state index < -0.39 is 23.5 Å². The lowest BCUT2D eigenvalue weighted by molar-refractivity contribution is -0.155. The van der Waals surface area contributed by atoms with Crippen molar-refractivity contribution in [2.24, 2.45) is 5.73 Å². The number of pyridine rings is 1. The molecule has 0 aromatic carbocycles. The molecule has 1 atom stereocenters. The third kappa shape index (κ3) is 4.23. The standard InChI is InChI=1S/C16H20ClN3O4/c1-16(2,3)24-13(21)7-5-11(14(18)22)20-8-10-9(15(20)23)4-6-12(17)19-10/h4,6,11H,5,7-8H2,1-3H3,(H2,18,22)/t11-/m0/s1. The fraction of sp³-hybridized carbons (Fsp3) is 0.500. The van der Waals surface area contributed by atoms with Crippen LogP contribution in [0.1, 0.15) is 49.7 Å². The van der Waals surface area contributed by atoms with Gasteiger partial charge in [-0.15, -0.1) is 0 Å². The van der Waals surface area contributed by atoms with Gasteiger partial charge in [-0.1, -0.05) is 11.6 Å². The van der Waals surface area contributed by atoms with Crippen molar-refractivity contribution < 1.29 is 19.1 Å². The summed E-state index contributed by atoms with van der Waals surface area (Å²) in [5, 5.41) is 0.271. The molecule has 130 valence electrons. The van der Waals surface area contributed by atoms with Gasteiger partial charge in [0.05, 0.1) is 17.8 Å². The molecular formula is C16H20ClN3O4. The molecule has 2 rings (SSSR count). The molecule has 0 fully saturated rings. The summed E-state index contributed by atoms with van der Waals surface area (Å²) in [7, 11) is 0. The number of rotatable bonds is 5. The van der Waals surface area contributed by atoms with Crippen LogP contribution in [0.25, 0.3) is 0 Å². The van der Waals surface area contributed by atoms with Crippen molar-refractivity contribution in [1.29, 1.82) is 0 Å². The first-order chi connectivity index (χ1) is 11.1. The van der Waals surface area contributed by atoms with E-state index >= 15 is 0 Å². The van der Waals surface area contributed by atoms with Crippen LogP contribution in [0.3, 0.4) is 0 Å². The van der Waals surface area contributed by atoms with Crippen molar-refractivity contribution in [2.75, 3.05) is 0 Å². The zero-order valence-electron chi connectivity index (χ0n) is 13.8. The summed E-state index contributed by atoms with van der Waals surface area (Å²) >= 11 is 5.83. The number of nitrogens with two attached hydrogens (primary N) is 1. The Morgan fingerprint density at radius 1 is 1.42 bits per heavy atom. The molecule has 2 N–H and O–H groups in total. The zero-order chi connectivity index (χ0) is 18.1. The number of nitrogens with zero attached hydrogens (tertiary/aromatic N) is 2. The molecule has 8 heteroatoms. The monoisotopic (exact) mass is 353 g/mol. The van der Waals surface area contributed by atoms with E-state index in [0.717, 1.165) is 0 Å². The highest BCUT2D eigenvalue weighted by Crippen LogP contribution is 2.26. The van der Waals surface area contributed by atoms with Crippen molar-refractivity contribution in [3.63, 3.8) is 0 Å². The SMILES string of the molecule is CC(C)(C)OC(=O)CC[C@@H](C(N)=O)N1Cc2nc(Cl)ccc2C1=O. The number of halogens is 1. The van der Waals surface area contributed by atoms with E-state index in [1.54, 1.807) is 26.8 Å². The maximum Gasteiger partial charge on any atom is 0.306 e. The Morgan fingerprint density at radius 2 is 2.08 bits per heavy atom. The molecule has 2 heterocycles. The van der Waals surface area contributed by atoms with Crippen LogP contribution in [0.15, 0.2) is 12.1 Å². The molecule has 1 aromatic rings. The molecule has 0 bridgehead atoms. The summed E-state index contributed by atoms with van der Waals surface area (Å²) in [6.45, 7) is 5.40. The lowest BCUT2D eigenvalue weighted by atomic mass is 10.1. The van der Waals surface area contributed by atoms with Crippen molar-refractivity contribution >= 4 is 29.4 Å². The first kappa shape index (κ1) is 18.2.